The summed E-state index contributed by atoms with van der Waals surface area (Å²) in [5.74, 6) is 0.912. The van der Waals surface area contributed by atoms with E-state index in [9.17, 15) is 9.59 Å². The summed E-state index contributed by atoms with van der Waals surface area (Å²) in [6.07, 6.45) is 12.6. The van der Waals surface area contributed by atoms with Gasteiger partial charge in [-0.2, -0.15) is 10.2 Å². The second-order valence-corrected chi connectivity index (χ2v) is 8.91. The molecule has 41 heavy (non-hydrogen) atoms. The zero-order valence-corrected chi connectivity index (χ0v) is 22.9. The van der Waals surface area contributed by atoms with Gasteiger partial charge in [0.15, 0.2) is 0 Å². The Balaban J connectivity index is 0.000000156. The van der Waals surface area contributed by atoms with Crippen LogP contribution < -0.4 is 15.8 Å². The minimum Gasteiger partial charge on any atom is -0.410 e. The molecular weight excluding hydrogens is 544 g/mol. The Morgan fingerprint density at radius 2 is 1.56 bits per heavy atom. The Labute approximate surface area is 240 Å². The number of allylic oxidation sites excluding steroid dienone is 5. The van der Waals surface area contributed by atoms with Crippen molar-refractivity contribution in [1.29, 1.82) is 0 Å². The predicted octanol–water partition coefficient (Wildman–Crippen LogP) is 6.51. The van der Waals surface area contributed by atoms with Crippen LogP contribution in [0, 0.1) is 6.08 Å². The summed E-state index contributed by atoms with van der Waals surface area (Å²) >= 11 is 4.94. The van der Waals surface area contributed by atoms with Crippen LogP contribution in [0.1, 0.15) is 0 Å². The Morgan fingerprint density at radius 3 is 2.20 bits per heavy atom. The van der Waals surface area contributed by atoms with Crippen molar-refractivity contribution >= 4 is 56.3 Å². The molecule has 0 aliphatic heterocycles. The number of carbonyl (C=O) groups excluding carboxylic acids is 2. The number of amides is 1. The van der Waals surface area contributed by atoms with Gasteiger partial charge in [-0.1, -0.05) is 18.2 Å². The second-order valence-electron chi connectivity index (χ2n) is 8.60. The van der Waals surface area contributed by atoms with E-state index in [4.69, 9.17) is 22.1 Å². The topological polar surface area (TPSA) is 126 Å². The van der Waals surface area contributed by atoms with E-state index in [1.807, 2.05) is 75.0 Å². The molecule has 3 aromatic carbocycles. The largest absolute Gasteiger partial charge is 0.422 e. The van der Waals surface area contributed by atoms with Crippen LogP contribution >= 0.6 is 11.6 Å². The predicted molar refractivity (Wildman–Crippen MR) is 159 cm³/mol. The van der Waals surface area contributed by atoms with E-state index in [0.717, 1.165) is 27.5 Å². The number of nitrogens with one attached hydrogen (secondary N) is 1. The molecule has 1 aliphatic carbocycles. The molecular formula is C30H26ClN6O4+. The quantitative estimate of drug-likeness (QED) is 0.144. The maximum atomic E-state index is 11.8. The van der Waals surface area contributed by atoms with E-state index in [-0.39, 0.29) is 0 Å². The number of halogens is 1. The van der Waals surface area contributed by atoms with Crippen molar-refractivity contribution in [1.82, 2.24) is 19.6 Å². The third kappa shape index (κ3) is 8.79. The molecule has 2 heterocycles. The number of fused-ring (bicyclic) bond motifs is 2. The third-order valence-corrected chi connectivity index (χ3v) is 5.42. The molecule has 0 unspecified atom stereocenters. The van der Waals surface area contributed by atoms with Gasteiger partial charge in [-0.15, -0.1) is 0 Å². The standard InChI is InChI=1S/C15H13N3O2.C8H9N3.C7H4ClO2/c1-18-10-11-9-12(7-8-14(11)17-18)16-15(19)20-13-5-3-2-4-6-13;1-11-5-6-4-7(9)2-3-8(6)10-11;8-7(9)10-6-4-2-1-3-5-6/h2-10H,1H3,(H,16,19);2-5H,9H2,1H3;1-2,4-5H/q;;+1. The molecule has 10 nitrogen and oxygen atoms in total. The number of para-hydroxylation sites is 1. The summed E-state index contributed by atoms with van der Waals surface area (Å²) in [7, 11) is 3.76. The minimum absolute atomic E-state index is 0.405. The van der Waals surface area contributed by atoms with Crippen molar-refractivity contribution in [2.24, 2.45) is 14.1 Å². The van der Waals surface area contributed by atoms with Crippen LogP contribution in [-0.4, -0.2) is 31.1 Å². The van der Waals surface area contributed by atoms with E-state index in [0.29, 0.717) is 17.2 Å². The van der Waals surface area contributed by atoms with Gasteiger partial charge in [-0.3, -0.25) is 14.7 Å². The van der Waals surface area contributed by atoms with E-state index < -0.39 is 11.5 Å². The third-order valence-electron chi connectivity index (χ3n) is 5.34. The van der Waals surface area contributed by atoms with Crippen LogP contribution in [0.3, 0.4) is 0 Å². The lowest BCUT2D eigenvalue weighted by Crippen LogP contribution is -2.16. The Morgan fingerprint density at radius 1 is 0.902 bits per heavy atom. The molecule has 0 radical (unpaired) electrons. The highest BCUT2D eigenvalue weighted by atomic mass is 35.5. The van der Waals surface area contributed by atoms with Crippen LogP contribution in [0.5, 0.6) is 5.75 Å². The number of benzene rings is 3. The monoisotopic (exact) mass is 569 g/mol. The number of hydrogen-bond acceptors (Lipinski definition) is 7. The molecule has 1 aliphatic rings. The number of nitrogen functional groups attached to an aromatic ring is 1. The van der Waals surface area contributed by atoms with Crippen LogP contribution in [0.4, 0.5) is 21.0 Å². The van der Waals surface area contributed by atoms with Crippen LogP contribution in [0.25, 0.3) is 21.8 Å². The molecule has 1 amide bonds. The van der Waals surface area contributed by atoms with Gasteiger partial charge >= 0.3 is 11.5 Å². The molecule has 0 saturated carbocycles. The number of rotatable bonds is 3. The van der Waals surface area contributed by atoms with Crippen LogP contribution in [-0.2, 0) is 18.8 Å². The molecule has 0 atom stereocenters. The number of aromatic nitrogens is 4. The number of carbonyl (C=O) groups is 2. The van der Waals surface area contributed by atoms with Crippen LogP contribution in [0.2, 0.25) is 0 Å². The molecule has 11 heteroatoms. The first-order valence-electron chi connectivity index (χ1n) is 12.2. The molecule has 0 bridgehead atoms. The fourth-order valence-electron chi connectivity index (χ4n) is 3.67. The lowest BCUT2D eigenvalue weighted by Gasteiger charge is -2.06. The maximum Gasteiger partial charge on any atom is 0.422 e. The van der Waals surface area contributed by atoms with Crippen molar-refractivity contribution in [3.05, 3.63) is 115 Å². The fourth-order valence-corrected chi connectivity index (χ4v) is 3.76. The number of anilines is 2. The van der Waals surface area contributed by atoms with Crippen LogP contribution in [0.15, 0.2) is 109 Å². The Bertz CT molecular complexity index is 1760. The van der Waals surface area contributed by atoms with E-state index in [1.54, 1.807) is 45.8 Å². The van der Waals surface area contributed by atoms with Crippen molar-refractivity contribution in [2.75, 3.05) is 11.1 Å². The minimum atomic E-state index is -0.834. The van der Waals surface area contributed by atoms with Crippen molar-refractivity contribution in [3.8, 4) is 5.75 Å². The molecule has 0 spiro atoms. The lowest BCUT2D eigenvalue weighted by molar-refractivity contribution is 0.206. The SMILES string of the molecule is Cn1cc2cc(N)ccc2n1.Cn1cc2cc(NC(=O)Oc3ccccc3)ccc2n1.O=C(Cl)OC1=CC=C[C+]=C1. The van der Waals surface area contributed by atoms with Gasteiger partial charge in [0.2, 0.25) is 5.76 Å². The first-order chi connectivity index (χ1) is 19.7. The van der Waals surface area contributed by atoms with Crippen molar-refractivity contribution in [3.63, 3.8) is 0 Å². The summed E-state index contributed by atoms with van der Waals surface area (Å²) < 4.78 is 13.2. The van der Waals surface area contributed by atoms with Gasteiger partial charge in [-0.05, 0) is 48.5 Å². The first kappa shape index (κ1) is 28.6. The van der Waals surface area contributed by atoms with Crippen molar-refractivity contribution < 1.29 is 19.1 Å². The zero-order valence-electron chi connectivity index (χ0n) is 22.2. The van der Waals surface area contributed by atoms with E-state index in [2.05, 4.69) is 26.3 Å². The lowest BCUT2D eigenvalue weighted by atomic mass is 10.2. The van der Waals surface area contributed by atoms with Gasteiger partial charge in [-0.25, -0.2) is 9.59 Å². The molecule has 0 saturated heterocycles. The highest BCUT2D eigenvalue weighted by Gasteiger charge is 2.08. The molecule has 6 rings (SSSR count). The highest BCUT2D eigenvalue weighted by Crippen LogP contribution is 2.18. The zero-order chi connectivity index (χ0) is 29.2. The second kappa shape index (κ2) is 13.6. The van der Waals surface area contributed by atoms with Gasteiger partial charge in [0.1, 0.15) is 17.9 Å². The fraction of sp³-hybridized carbons (Fsp3) is 0.0667. The van der Waals surface area contributed by atoms with Gasteiger partial charge in [0.25, 0.3) is 0 Å². The molecule has 2 aromatic heterocycles. The summed E-state index contributed by atoms with van der Waals surface area (Å²) in [4.78, 5) is 21.9. The summed E-state index contributed by atoms with van der Waals surface area (Å²) in [6.45, 7) is 0. The van der Waals surface area contributed by atoms with Gasteiger partial charge < -0.3 is 15.2 Å². The average molecular weight is 570 g/mol. The van der Waals surface area contributed by atoms with E-state index in [1.165, 1.54) is 6.08 Å². The summed E-state index contributed by atoms with van der Waals surface area (Å²) in [6, 6.07) is 20.1. The van der Waals surface area contributed by atoms with Gasteiger partial charge in [0.05, 0.1) is 23.2 Å². The van der Waals surface area contributed by atoms with Crippen molar-refractivity contribution in [2.45, 2.75) is 0 Å². The molecule has 206 valence electrons. The number of hydrogen-bond donors (Lipinski definition) is 2. The van der Waals surface area contributed by atoms with Gasteiger partial charge in [0, 0.05) is 66.3 Å². The Hall–Kier alpha value is -5.44. The first-order valence-corrected chi connectivity index (χ1v) is 12.6. The molecule has 0 fully saturated rings. The Kier molecular flexibility index (Phi) is 9.45. The average Bonchev–Trinajstić information content (AvgIpc) is 3.49. The maximum absolute atomic E-state index is 11.8. The molecule has 5 aromatic rings. The number of ether oxygens (including phenoxy) is 2. The van der Waals surface area contributed by atoms with E-state index >= 15 is 0 Å². The number of nitrogens with two attached hydrogens (primary N) is 1. The molecule has 3 N–H and O–H groups in total. The highest BCUT2D eigenvalue weighted by molar-refractivity contribution is 6.61. The summed E-state index contributed by atoms with van der Waals surface area (Å²) in [5, 5.41) is 13.2. The number of nitrogens with zero attached hydrogens (tertiary/aromatic N) is 4. The normalized spacial score (nSPS) is 11.3. The summed E-state index contributed by atoms with van der Waals surface area (Å²) in [5.41, 5.74) is 8.09. The number of aryl methyl sites for hydroxylation is 2. The smallest absolute Gasteiger partial charge is 0.410 e.